The summed E-state index contributed by atoms with van der Waals surface area (Å²) in [6.07, 6.45) is 3.70. The maximum absolute atomic E-state index is 12.1. The Hall–Kier alpha value is -0.620. The fourth-order valence-electron chi connectivity index (χ4n) is 3.56. The molecule has 0 unspecified atom stereocenters. The van der Waals surface area contributed by atoms with Crippen LogP contribution in [-0.2, 0) is 14.3 Å². The largest absolute Gasteiger partial charge is 1.00 e. The first-order valence-corrected chi connectivity index (χ1v) is 7.26. The summed E-state index contributed by atoms with van der Waals surface area (Å²) in [5.74, 6) is -0.730. The van der Waals surface area contributed by atoms with E-state index in [0.717, 1.165) is 56.3 Å². The number of hydrogen-bond acceptors (Lipinski definition) is 3. The zero-order chi connectivity index (χ0) is 13.9. The van der Waals surface area contributed by atoms with Crippen LogP contribution in [0.4, 0.5) is 0 Å². The van der Waals surface area contributed by atoms with Gasteiger partial charge in [-0.3, -0.25) is 9.59 Å². The highest BCUT2D eigenvalue weighted by atomic mass is 79.9. The van der Waals surface area contributed by atoms with Crippen molar-refractivity contribution in [1.29, 1.82) is 0 Å². The van der Waals surface area contributed by atoms with Gasteiger partial charge in [-0.25, -0.2) is 0 Å². The molecule has 2 bridgehead atoms. The monoisotopic (exact) mass is 349 g/mol. The van der Waals surface area contributed by atoms with Gasteiger partial charge in [-0.05, 0) is 6.92 Å². The van der Waals surface area contributed by atoms with Crippen molar-refractivity contribution in [3.05, 3.63) is 0 Å². The zero-order valence-electron chi connectivity index (χ0n) is 12.1. The van der Waals surface area contributed by atoms with E-state index in [-0.39, 0.29) is 34.8 Å². The Kier molecular flexibility index (Phi) is 6.01. The van der Waals surface area contributed by atoms with Gasteiger partial charge in [0, 0.05) is 25.7 Å². The van der Waals surface area contributed by atoms with Crippen molar-refractivity contribution in [2.75, 3.05) is 32.8 Å². The molecule has 3 saturated heterocycles. The molecule has 0 aliphatic carbocycles. The molecule has 0 aromatic heterocycles. The molecule has 0 radical (unpaired) electrons. The number of nitrogens with zero attached hydrogens (tertiary/aromatic N) is 1. The molecule has 20 heavy (non-hydrogen) atoms. The summed E-state index contributed by atoms with van der Waals surface area (Å²) in [6.45, 7) is 6.24. The predicted octanol–water partition coefficient (Wildman–Crippen LogP) is -1.58. The van der Waals surface area contributed by atoms with E-state index >= 15 is 0 Å². The van der Waals surface area contributed by atoms with E-state index in [1.165, 1.54) is 0 Å². The Labute approximate surface area is 130 Å². The van der Waals surface area contributed by atoms with Gasteiger partial charge >= 0.3 is 11.9 Å². The van der Waals surface area contributed by atoms with E-state index < -0.39 is 5.97 Å². The molecular formula is C14H24BrNO4. The number of aliphatic carboxylic acids is 1. The summed E-state index contributed by atoms with van der Waals surface area (Å²) < 4.78 is 6.23. The number of piperidine rings is 3. The van der Waals surface area contributed by atoms with Crippen molar-refractivity contribution in [3.63, 3.8) is 0 Å². The highest BCUT2D eigenvalue weighted by Crippen LogP contribution is 2.45. The van der Waals surface area contributed by atoms with Crippen LogP contribution >= 0.6 is 0 Å². The lowest BCUT2D eigenvalue weighted by atomic mass is 9.70. The summed E-state index contributed by atoms with van der Waals surface area (Å²) >= 11 is 0. The molecule has 0 saturated carbocycles. The normalized spacial score (nSPS) is 31.4. The van der Waals surface area contributed by atoms with Crippen LogP contribution in [0.5, 0.6) is 0 Å². The molecule has 0 spiro atoms. The van der Waals surface area contributed by atoms with Crippen molar-refractivity contribution in [1.82, 2.24) is 0 Å². The lowest BCUT2D eigenvalue weighted by Crippen LogP contribution is -3.00. The SMILES string of the molecule is CCOC(=O)C12CC[N+](CCCC(=O)O)(CC1)CC2.[Br-]. The van der Waals surface area contributed by atoms with E-state index in [0.29, 0.717) is 6.61 Å². The Morgan fingerprint density at radius 3 is 2.20 bits per heavy atom. The molecule has 1 N–H and O–H groups in total. The van der Waals surface area contributed by atoms with E-state index in [9.17, 15) is 9.59 Å². The number of fused-ring (bicyclic) bond motifs is 3. The van der Waals surface area contributed by atoms with E-state index in [4.69, 9.17) is 9.84 Å². The minimum Gasteiger partial charge on any atom is -1.00 e. The number of carboxylic acids is 1. The molecule has 0 aromatic carbocycles. The first kappa shape index (κ1) is 17.4. The fraction of sp³-hybridized carbons (Fsp3) is 0.857. The Morgan fingerprint density at radius 1 is 1.20 bits per heavy atom. The zero-order valence-corrected chi connectivity index (χ0v) is 13.7. The molecule has 5 nitrogen and oxygen atoms in total. The summed E-state index contributed by atoms with van der Waals surface area (Å²) in [4.78, 5) is 22.7. The van der Waals surface area contributed by atoms with Gasteiger partial charge in [0.15, 0.2) is 0 Å². The topological polar surface area (TPSA) is 63.6 Å². The lowest BCUT2D eigenvalue weighted by Gasteiger charge is -2.53. The molecule has 6 heteroatoms. The van der Waals surface area contributed by atoms with Crippen molar-refractivity contribution >= 4 is 11.9 Å². The molecule has 0 amide bonds. The van der Waals surface area contributed by atoms with E-state index in [2.05, 4.69) is 0 Å². The number of halogens is 1. The second-order valence-electron chi connectivity index (χ2n) is 5.98. The van der Waals surface area contributed by atoms with Gasteiger partial charge in [0.2, 0.25) is 0 Å². The maximum Gasteiger partial charge on any atom is 0.312 e. The lowest BCUT2D eigenvalue weighted by molar-refractivity contribution is -0.944. The summed E-state index contributed by atoms with van der Waals surface area (Å²) in [6, 6.07) is 0. The minimum absolute atomic E-state index is 0. The number of carboxylic acid groups (broad SMARTS) is 1. The van der Waals surface area contributed by atoms with Crippen LogP contribution < -0.4 is 17.0 Å². The van der Waals surface area contributed by atoms with Crippen LogP contribution in [-0.4, -0.2) is 54.3 Å². The molecule has 3 aliphatic rings. The Balaban J connectivity index is 0.00000200. The number of quaternary nitrogens is 1. The summed E-state index contributed by atoms with van der Waals surface area (Å²) in [7, 11) is 0. The highest BCUT2D eigenvalue weighted by molar-refractivity contribution is 5.77. The third-order valence-electron chi connectivity index (χ3n) is 4.93. The Morgan fingerprint density at radius 2 is 1.75 bits per heavy atom. The smallest absolute Gasteiger partial charge is 0.312 e. The van der Waals surface area contributed by atoms with Crippen LogP contribution in [0.25, 0.3) is 0 Å². The third-order valence-corrected chi connectivity index (χ3v) is 4.93. The van der Waals surface area contributed by atoms with E-state index in [1.54, 1.807) is 0 Å². The average molecular weight is 350 g/mol. The van der Waals surface area contributed by atoms with E-state index in [1.807, 2.05) is 6.92 Å². The Bertz CT molecular complexity index is 348. The van der Waals surface area contributed by atoms with Gasteiger partial charge in [0.25, 0.3) is 0 Å². The van der Waals surface area contributed by atoms with Gasteiger partial charge in [-0.1, -0.05) is 0 Å². The molecule has 3 aliphatic heterocycles. The maximum atomic E-state index is 12.1. The number of ether oxygens (including phenoxy) is 1. The molecule has 116 valence electrons. The van der Waals surface area contributed by atoms with Crippen LogP contribution in [0.15, 0.2) is 0 Å². The summed E-state index contributed by atoms with van der Waals surface area (Å²) in [5.41, 5.74) is -0.233. The fourth-order valence-corrected chi connectivity index (χ4v) is 3.56. The second-order valence-corrected chi connectivity index (χ2v) is 5.98. The van der Waals surface area contributed by atoms with Gasteiger partial charge in [0.1, 0.15) is 0 Å². The van der Waals surface area contributed by atoms with Crippen molar-refractivity contribution in [2.45, 2.75) is 39.0 Å². The first-order valence-electron chi connectivity index (χ1n) is 7.26. The number of esters is 1. The average Bonchev–Trinajstić information content (AvgIpc) is 2.40. The van der Waals surface area contributed by atoms with Crippen molar-refractivity contribution in [3.8, 4) is 0 Å². The molecule has 0 aromatic rings. The van der Waals surface area contributed by atoms with Gasteiger partial charge in [0.05, 0.1) is 44.6 Å². The first-order chi connectivity index (χ1) is 9.02. The molecule has 3 heterocycles. The van der Waals surface area contributed by atoms with Crippen LogP contribution in [0.1, 0.15) is 39.0 Å². The number of rotatable bonds is 6. The number of carbonyl (C=O) groups is 2. The van der Waals surface area contributed by atoms with Gasteiger partial charge < -0.3 is 31.3 Å². The van der Waals surface area contributed by atoms with Crippen LogP contribution in [0.2, 0.25) is 0 Å². The standard InChI is InChI=1S/C14H23NO4.BrH/c1-2-19-13(18)14-5-9-15(10-6-14,11-7-14)8-3-4-12(16)17;/h2-11H2,1H3;1H. The second kappa shape index (κ2) is 6.89. The number of hydrogen-bond donors (Lipinski definition) is 1. The van der Waals surface area contributed by atoms with Crippen molar-refractivity contribution < 1.29 is 40.9 Å². The predicted molar refractivity (Wildman–Crippen MR) is 69.5 cm³/mol. The van der Waals surface area contributed by atoms with Crippen molar-refractivity contribution in [2.24, 2.45) is 5.41 Å². The summed E-state index contributed by atoms with van der Waals surface area (Å²) in [5, 5.41) is 8.71. The minimum atomic E-state index is -0.715. The third kappa shape index (κ3) is 3.52. The van der Waals surface area contributed by atoms with Crippen LogP contribution in [0.3, 0.4) is 0 Å². The highest BCUT2D eigenvalue weighted by Gasteiger charge is 2.53. The quantitative estimate of drug-likeness (QED) is 0.464. The van der Waals surface area contributed by atoms with Gasteiger partial charge in [-0.15, -0.1) is 0 Å². The molecule has 0 atom stereocenters. The molecular weight excluding hydrogens is 326 g/mol. The molecule has 3 rings (SSSR count). The number of carbonyl (C=O) groups excluding carboxylic acids is 1. The van der Waals surface area contributed by atoms with Gasteiger partial charge in [-0.2, -0.15) is 0 Å². The molecule has 3 fully saturated rings. The van der Waals surface area contributed by atoms with Crippen LogP contribution in [0, 0.1) is 5.41 Å².